The summed E-state index contributed by atoms with van der Waals surface area (Å²) in [5.74, 6) is -0.246. The van der Waals surface area contributed by atoms with Crippen molar-refractivity contribution in [3.8, 4) is 11.3 Å². The summed E-state index contributed by atoms with van der Waals surface area (Å²) in [4.78, 5) is 22.4. The van der Waals surface area contributed by atoms with Gasteiger partial charge in [0.2, 0.25) is 5.91 Å². The van der Waals surface area contributed by atoms with Gasteiger partial charge in [0.15, 0.2) is 0 Å². The summed E-state index contributed by atoms with van der Waals surface area (Å²) in [5, 5.41) is 2.79. The lowest BCUT2D eigenvalue weighted by Crippen LogP contribution is -2.07. The minimum atomic E-state index is -0.246. The highest BCUT2D eigenvalue weighted by Gasteiger charge is 2.13. The molecule has 0 bridgehead atoms. The summed E-state index contributed by atoms with van der Waals surface area (Å²) in [6, 6.07) is 16.1. The Labute approximate surface area is 182 Å². The Morgan fingerprint density at radius 3 is 2.73 bits per heavy atom. The second kappa shape index (κ2) is 10.0. The molecule has 0 aliphatic heterocycles. The van der Waals surface area contributed by atoms with E-state index >= 15 is 0 Å². The van der Waals surface area contributed by atoms with Crippen LogP contribution in [0.2, 0.25) is 0 Å². The molecule has 0 radical (unpaired) electrons. The maximum atomic E-state index is 11.6. The Bertz CT molecular complexity index is 1110. The molecule has 1 aromatic heterocycles. The monoisotopic (exact) mass is 415 g/mol. The lowest BCUT2D eigenvalue weighted by atomic mass is 9.99. The maximum absolute atomic E-state index is 11.6. The number of thioether (sulfide) groups is 1. The summed E-state index contributed by atoms with van der Waals surface area (Å²) in [5.41, 5.74) is 6.30. The van der Waals surface area contributed by atoms with E-state index in [1.165, 1.54) is 11.0 Å². The Morgan fingerprint density at radius 2 is 2.00 bits per heavy atom. The van der Waals surface area contributed by atoms with Gasteiger partial charge in [0.05, 0.1) is 23.3 Å². The first-order chi connectivity index (χ1) is 14.5. The normalized spacial score (nSPS) is 11.2. The Balaban J connectivity index is 2.06. The molecule has 1 amide bonds. The van der Waals surface area contributed by atoms with Crippen molar-refractivity contribution < 1.29 is 4.79 Å². The van der Waals surface area contributed by atoms with Crippen molar-refractivity contribution in [3.63, 3.8) is 0 Å². The number of rotatable bonds is 7. The van der Waals surface area contributed by atoms with Gasteiger partial charge in [0, 0.05) is 21.7 Å². The molecule has 0 saturated carbocycles. The van der Waals surface area contributed by atoms with Crippen molar-refractivity contribution in [1.29, 1.82) is 0 Å². The van der Waals surface area contributed by atoms with Crippen LogP contribution in [0.25, 0.3) is 16.8 Å². The van der Waals surface area contributed by atoms with E-state index < -0.39 is 0 Å². The molecule has 0 unspecified atom stereocenters. The maximum Gasteiger partial charge on any atom is 0.247 e. The minimum absolute atomic E-state index is 0.246. The first kappa shape index (κ1) is 21.5. The predicted molar refractivity (Wildman–Crippen MR) is 127 cm³/mol. The number of nitrogens with zero attached hydrogens (tertiary/aromatic N) is 2. The van der Waals surface area contributed by atoms with Gasteiger partial charge in [-0.25, -0.2) is 4.98 Å². The highest BCUT2D eigenvalue weighted by Crippen LogP contribution is 2.29. The highest BCUT2D eigenvalue weighted by molar-refractivity contribution is 7.98. The van der Waals surface area contributed by atoms with Gasteiger partial charge >= 0.3 is 0 Å². The van der Waals surface area contributed by atoms with Gasteiger partial charge in [-0.05, 0) is 55.5 Å². The van der Waals surface area contributed by atoms with Gasteiger partial charge in [-0.2, -0.15) is 0 Å². The van der Waals surface area contributed by atoms with Gasteiger partial charge in [-0.1, -0.05) is 43.8 Å². The average Bonchev–Trinajstić information content (AvgIpc) is 2.78. The van der Waals surface area contributed by atoms with Crippen molar-refractivity contribution >= 4 is 28.9 Å². The number of carbonyl (C=O) groups excluding carboxylic acids is 1. The first-order valence-electron chi connectivity index (χ1n) is 9.78. The smallest absolute Gasteiger partial charge is 0.247 e. The van der Waals surface area contributed by atoms with Gasteiger partial charge in [0.25, 0.3) is 0 Å². The third-order valence-electron chi connectivity index (χ3n) is 4.61. The SMILES string of the molecule is C=CC(=O)Nc1cccc(-c2cnc(C)c(/C(=C\CC)c3cccc(SC)c3)n2)c1. The number of amides is 1. The molecule has 0 fully saturated rings. The van der Waals surface area contributed by atoms with E-state index in [1.807, 2.05) is 31.2 Å². The molecule has 0 spiro atoms. The number of aromatic nitrogens is 2. The fraction of sp³-hybridized carbons (Fsp3) is 0.160. The van der Waals surface area contributed by atoms with Crippen LogP contribution in [-0.2, 0) is 4.79 Å². The zero-order chi connectivity index (χ0) is 21.5. The van der Waals surface area contributed by atoms with Crippen LogP contribution in [0.15, 0.2) is 78.4 Å². The molecule has 2 aromatic carbocycles. The molecular weight excluding hydrogens is 390 g/mol. The van der Waals surface area contributed by atoms with E-state index in [2.05, 4.69) is 60.4 Å². The van der Waals surface area contributed by atoms with Crippen LogP contribution in [0, 0.1) is 6.92 Å². The van der Waals surface area contributed by atoms with Crippen LogP contribution < -0.4 is 5.32 Å². The number of anilines is 1. The summed E-state index contributed by atoms with van der Waals surface area (Å²) in [6.07, 6.45) is 8.19. The fourth-order valence-corrected chi connectivity index (χ4v) is 3.60. The van der Waals surface area contributed by atoms with Crippen molar-refractivity contribution in [1.82, 2.24) is 9.97 Å². The summed E-state index contributed by atoms with van der Waals surface area (Å²) in [6.45, 7) is 7.60. The molecule has 30 heavy (non-hydrogen) atoms. The van der Waals surface area contributed by atoms with Gasteiger partial charge in [0.1, 0.15) is 0 Å². The largest absolute Gasteiger partial charge is 0.323 e. The van der Waals surface area contributed by atoms with Gasteiger partial charge in [-0.3, -0.25) is 9.78 Å². The fourth-order valence-electron chi connectivity index (χ4n) is 3.14. The Hall–Kier alpha value is -3.18. The predicted octanol–water partition coefficient (Wildman–Crippen LogP) is 6.14. The molecule has 3 rings (SSSR count). The second-order valence-corrected chi connectivity index (χ2v) is 7.60. The van der Waals surface area contributed by atoms with Crippen LogP contribution in [-0.4, -0.2) is 22.1 Å². The molecule has 0 saturated heterocycles. The molecule has 5 heteroatoms. The number of benzene rings is 2. The molecule has 3 aromatic rings. The van der Waals surface area contributed by atoms with E-state index in [4.69, 9.17) is 4.98 Å². The molecule has 0 aliphatic carbocycles. The third kappa shape index (κ3) is 5.05. The summed E-state index contributed by atoms with van der Waals surface area (Å²) >= 11 is 1.72. The quantitative estimate of drug-likeness (QED) is 0.372. The van der Waals surface area contributed by atoms with Crippen LogP contribution in [0.5, 0.6) is 0 Å². The number of carbonyl (C=O) groups is 1. The summed E-state index contributed by atoms with van der Waals surface area (Å²) in [7, 11) is 0. The van der Waals surface area contributed by atoms with Gasteiger partial charge in [-0.15, -0.1) is 11.8 Å². The molecule has 0 aliphatic rings. The number of hydrogen-bond donors (Lipinski definition) is 1. The first-order valence-corrected chi connectivity index (χ1v) is 11.0. The number of aryl methyl sites for hydroxylation is 1. The molecule has 4 nitrogen and oxygen atoms in total. The zero-order valence-electron chi connectivity index (χ0n) is 17.5. The standard InChI is InChI=1S/C25H25N3OS/c1-5-9-22(18-10-8-13-21(15-18)30-4)25-17(3)26-16-23(28-25)19-11-7-12-20(14-19)27-24(29)6-2/h6-16H,2,5H2,1,3-4H3,(H,27,29)/b22-9-. The van der Waals surface area contributed by atoms with Crippen molar-refractivity contribution in [3.05, 3.63) is 90.4 Å². The van der Waals surface area contributed by atoms with E-state index in [9.17, 15) is 4.79 Å². The lowest BCUT2D eigenvalue weighted by Gasteiger charge is -2.13. The average molecular weight is 416 g/mol. The van der Waals surface area contributed by atoms with Crippen LogP contribution in [0.4, 0.5) is 5.69 Å². The number of hydrogen-bond acceptors (Lipinski definition) is 4. The van der Waals surface area contributed by atoms with E-state index in [0.717, 1.165) is 40.2 Å². The van der Waals surface area contributed by atoms with Gasteiger partial charge < -0.3 is 5.32 Å². The van der Waals surface area contributed by atoms with Crippen LogP contribution in [0.3, 0.4) is 0 Å². The number of allylic oxidation sites excluding steroid dienone is 1. The third-order valence-corrected chi connectivity index (χ3v) is 5.34. The molecular formula is C25H25N3OS. The Kier molecular flexibility index (Phi) is 7.20. The van der Waals surface area contributed by atoms with Crippen molar-refractivity contribution in [2.45, 2.75) is 25.2 Å². The van der Waals surface area contributed by atoms with Crippen molar-refractivity contribution in [2.24, 2.45) is 0 Å². The van der Waals surface area contributed by atoms with E-state index in [0.29, 0.717) is 5.69 Å². The zero-order valence-corrected chi connectivity index (χ0v) is 18.3. The number of nitrogens with one attached hydrogen (secondary N) is 1. The van der Waals surface area contributed by atoms with E-state index in [-0.39, 0.29) is 5.91 Å². The topological polar surface area (TPSA) is 54.9 Å². The minimum Gasteiger partial charge on any atom is -0.323 e. The Morgan fingerprint density at radius 1 is 1.20 bits per heavy atom. The van der Waals surface area contributed by atoms with Crippen molar-refractivity contribution in [2.75, 3.05) is 11.6 Å². The summed E-state index contributed by atoms with van der Waals surface area (Å²) < 4.78 is 0. The van der Waals surface area contributed by atoms with Crippen LogP contribution in [0.1, 0.15) is 30.3 Å². The lowest BCUT2D eigenvalue weighted by molar-refractivity contribution is -0.111. The molecule has 0 atom stereocenters. The van der Waals surface area contributed by atoms with E-state index in [1.54, 1.807) is 18.0 Å². The highest BCUT2D eigenvalue weighted by atomic mass is 32.2. The molecule has 1 N–H and O–H groups in total. The second-order valence-electron chi connectivity index (χ2n) is 6.72. The molecule has 152 valence electrons. The molecule has 1 heterocycles. The van der Waals surface area contributed by atoms with Crippen LogP contribution >= 0.6 is 11.8 Å².